The van der Waals surface area contributed by atoms with Gasteiger partial charge in [0.1, 0.15) is 22.8 Å². The minimum Gasteiger partial charge on any atom is -0.424 e. The van der Waals surface area contributed by atoms with E-state index in [-0.39, 0.29) is 36.0 Å². The fourth-order valence-electron chi connectivity index (χ4n) is 5.38. The Labute approximate surface area is 247 Å². The lowest BCUT2D eigenvalue weighted by molar-refractivity contribution is 0.0908. The van der Waals surface area contributed by atoms with Crippen LogP contribution in [0.15, 0.2) is 73.1 Å². The molecule has 0 spiro atoms. The Morgan fingerprint density at radius 1 is 1.02 bits per heavy atom. The van der Waals surface area contributed by atoms with Crippen LogP contribution in [0.1, 0.15) is 34.6 Å². The number of fused-ring (bicyclic) bond motifs is 2. The SMILES string of the molecule is CN1CCC(NC(=O)c2cc3ccc(C(=N)NC(N)=O)nc3n2Cc2cc(Oc3ncccn3)cc3ccccc23)CC1. The van der Waals surface area contributed by atoms with Crippen molar-refractivity contribution in [3.63, 3.8) is 0 Å². The number of carbonyl (C=O) groups is 2. The third kappa shape index (κ3) is 6.14. The molecule has 3 aromatic heterocycles. The van der Waals surface area contributed by atoms with Crippen LogP contribution in [-0.2, 0) is 6.54 Å². The van der Waals surface area contributed by atoms with Gasteiger partial charge in [-0.15, -0.1) is 0 Å². The second-order valence-corrected chi connectivity index (χ2v) is 10.6. The Bertz CT molecular complexity index is 1830. The first-order chi connectivity index (χ1) is 20.8. The average molecular weight is 578 g/mol. The monoisotopic (exact) mass is 577 g/mol. The van der Waals surface area contributed by atoms with E-state index in [1.54, 1.807) is 30.6 Å². The lowest BCUT2D eigenvalue weighted by Gasteiger charge is -2.29. The van der Waals surface area contributed by atoms with Crippen LogP contribution in [0.4, 0.5) is 4.79 Å². The van der Waals surface area contributed by atoms with Crippen molar-refractivity contribution in [1.82, 2.24) is 35.1 Å². The number of pyridine rings is 1. The maximum atomic E-state index is 13.8. The Balaban J connectivity index is 1.43. The summed E-state index contributed by atoms with van der Waals surface area (Å²) in [7, 11) is 2.08. The van der Waals surface area contributed by atoms with Crippen LogP contribution >= 0.6 is 0 Å². The normalized spacial score (nSPS) is 14.1. The van der Waals surface area contributed by atoms with Crippen molar-refractivity contribution >= 4 is 39.6 Å². The number of aromatic nitrogens is 4. The molecule has 1 fully saturated rings. The zero-order chi connectivity index (χ0) is 29.9. The predicted octanol–water partition coefficient (Wildman–Crippen LogP) is 3.64. The van der Waals surface area contributed by atoms with Crippen LogP contribution in [-0.4, -0.2) is 68.4 Å². The van der Waals surface area contributed by atoms with Crippen LogP contribution in [0.3, 0.4) is 0 Å². The van der Waals surface area contributed by atoms with Gasteiger partial charge in [-0.2, -0.15) is 0 Å². The lowest BCUT2D eigenvalue weighted by Crippen LogP contribution is -2.43. The van der Waals surface area contributed by atoms with Gasteiger partial charge in [-0.3, -0.25) is 15.5 Å². The maximum Gasteiger partial charge on any atom is 0.321 e. The van der Waals surface area contributed by atoms with E-state index in [1.807, 2.05) is 47.0 Å². The number of amidine groups is 1. The molecule has 218 valence electrons. The highest BCUT2D eigenvalue weighted by atomic mass is 16.5. The van der Waals surface area contributed by atoms with E-state index in [2.05, 4.69) is 37.5 Å². The Kier molecular flexibility index (Phi) is 7.67. The van der Waals surface area contributed by atoms with Crippen molar-refractivity contribution < 1.29 is 14.3 Å². The van der Waals surface area contributed by atoms with Gasteiger partial charge >= 0.3 is 12.0 Å². The van der Waals surface area contributed by atoms with E-state index in [4.69, 9.17) is 15.9 Å². The minimum absolute atomic E-state index is 0.0649. The molecule has 2 aromatic carbocycles. The van der Waals surface area contributed by atoms with Gasteiger partial charge in [0.25, 0.3) is 5.91 Å². The standard InChI is InChI=1S/C31H31N9O3/c1-39-13-9-22(10-14-39)36-29(41)26-17-20-7-8-25(27(32)38-30(33)42)37-28(20)40(26)18-21-16-23(43-31-34-11-4-12-35-31)15-19-5-2-3-6-24(19)21/h2-8,11-12,15-17,22H,9-10,13-14,18H2,1H3,(H,36,41)(H4,32,33,38,42). The molecule has 4 heterocycles. The van der Waals surface area contributed by atoms with Gasteiger partial charge in [0, 0.05) is 23.8 Å². The molecule has 1 saturated heterocycles. The first-order valence-corrected chi connectivity index (χ1v) is 14.0. The highest BCUT2D eigenvalue weighted by Gasteiger charge is 2.24. The summed E-state index contributed by atoms with van der Waals surface area (Å²) < 4.78 is 7.84. The second kappa shape index (κ2) is 11.9. The third-order valence-corrected chi connectivity index (χ3v) is 7.54. The molecule has 1 aliphatic heterocycles. The van der Waals surface area contributed by atoms with Gasteiger partial charge in [-0.25, -0.2) is 19.7 Å². The summed E-state index contributed by atoms with van der Waals surface area (Å²) in [6.45, 7) is 2.11. The summed E-state index contributed by atoms with van der Waals surface area (Å²) >= 11 is 0. The van der Waals surface area contributed by atoms with Gasteiger partial charge in [0.05, 0.1) is 6.54 Å². The zero-order valence-electron chi connectivity index (χ0n) is 23.6. The predicted molar refractivity (Wildman–Crippen MR) is 162 cm³/mol. The number of likely N-dealkylation sites (tertiary alicyclic amines) is 1. The number of ether oxygens (including phenoxy) is 1. The molecule has 5 N–H and O–H groups in total. The number of amides is 3. The number of urea groups is 1. The number of nitrogens with one attached hydrogen (secondary N) is 3. The van der Waals surface area contributed by atoms with Gasteiger partial charge in [-0.05, 0) is 85.7 Å². The summed E-state index contributed by atoms with van der Waals surface area (Å²) in [5, 5.41) is 16.4. The van der Waals surface area contributed by atoms with Crippen molar-refractivity contribution in [2.24, 2.45) is 5.73 Å². The first-order valence-electron chi connectivity index (χ1n) is 14.0. The fourth-order valence-corrected chi connectivity index (χ4v) is 5.38. The Morgan fingerprint density at radius 3 is 2.56 bits per heavy atom. The number of piperidine rings is 1. The van der Waals surface area contributed by atoms with E-state index in [1.165, 1.54) is 0 Å². The summed E-state index contributed by atoms with van der Waals surface area (Å²) in [4.78, 5) is 40.5. The summed E-state index contributed by atoms with van der Waals surface area (Å²) in [6.07, 6.45) is 4.96. The van der Waals surface area contributed by atoms with Crippen LogP contribution < -0.4 is 21.1 Å². The fraction of sp³-hybridized carbons (Fsp3) is 0.226. The molecule has 3 amide bonds. The van der Waals surface area contributed by atoms with Crippen LogP contribution in [0.25, 0.3) is 21.8 Å². The van der Waals surface area contributed by atoms with Crippen LogP contribution in [0.2, 0.25) is 0 Å². The van der Waals surface area contributed by atoms with Crippen LogP contribution in [0, 0.1) is 5.41 Å². The molecular weight excluding hydrogens is 546 g/mol. The van der Waals surface area contributed by atoms with E-state index in [0.29, 0.717) is 17.1 Å². The molecule has 1 aliphatic rings. The number of nitrogens with zero attached hydrogens (tertiary/aromatic N) is 5. The highest BCUT2D eigenvalue weighted by Crippen LogP contribution is 2.30. The molecule has 0 aliphatic carbocycles. The summed E-state index contributed by atoms with van der Waals surface area (Å²) in [6, 6.07) is 18.1. The molecule has 0 saturated carbocycles. The number of nitrogens with two attached hydrogens (primary N) is 1. The molecular formula is C31H31N9O3. The molecule has 5 aromatic rings. The van der Waals surface area contributed by atoms with Crippen molar-refractivity contribution in [1.29, 1.82) is 5.41 Å². The summed E-state index contributed by atoms with van der Waals surface area (Å²) in [5.74, 6) is 0.117. The molecule has 0 radical (unpaired) electrons. The Hall–Kier alpha value is -5.36. The van der Waals surface area contributed by atoms with Crippen molar-refractivity contribution in [3.05, 3.63) is 90.0 Å². The molecule has 43 heavy (non-hydrogen) atoms. The number of benzene rings is 2. The van der Waals surface area contributed by atoms with Gasteiger partial charge in [0.2, 0.25) is 0 Å². The quantitative estimate of drug-likeness (QED) is 0.169. The largest absolute Gasteiger partial charge is 0.424 e. The second-order valence-electron chi connectivity index (χ2n) is 10.6. The number of hydrogen-bond acceptors (Lipinski definition) is 8. The van der Waals surface area contributed by atoms with Crippen molar-refractivity contribution in [3.8, 4) is 11.8 Å². The average Bonchev–Trinajstić information content (AvgIpc) is 3.36. The third-order valence-electron chi connectivity index (χ3n) is 7.54. The van der Waals surface area contributed by atoms with E-state index < -0.39 is 6.03 Å². The van der Waals surface area contributed by atoms with E-state index >= 15 is 0 Å². The maximum absolute atomic E-state index is 13.8. The summed E-state index contributed by atoms with van der Waals surface area (Å²) in [5.41, 5.74) is 7.27. The van der Waals surface area contributed by atoms with Gasteiger partial charge in [-0.1, -0.05) is 24.3 Å². The molecule has 12 nitrogen and oxygen atoms in total. The van der Waals surface area contributed by atoms with Crippen molar-refractivity contribution in [2.45, 2.75) is 25.4 Å². The lowest BCUT2D eigenvalue weighted by atomic mass is 10.0. The molecule has 0 atom stereocenters. The minimum atomic E-state index is -0.855. The highest BCUT2D eigenvalue weighted by molar-refractivity contribution is 6.05. The topological polar surface area (TPSA) is 164 Å². The van der Waals surface area contributed by atoms with Crippen molar-refractivity contribution in [2.75, 3.05) is 20.1 Å². The Morgan fingerprint density at radius 2 is 1.79 bits per heavy atom. The molecule has 0 bridgehead atoms. The zero-order valence-corrected chi connectivity index (χ0v) is 23.6. The molecule has 0 unspecified atom stereocenters. The van der Waals surface area contributed by atoms with E-state index in [0.717, 1.165) is 47.7 Å². The number of carbonyl (C=O) groups excluding carboxylic acids is 2. The van der Waals surface area contributed by atoms with E-state index in [9.17, 15) is 9.59 Å². The van der Waals surface area contributed by atoms with Crippen LogP contribution in [0.5, 0.6) is 11.8 Å². The number of hydrogen-bond donors (Lipinski definition) is 4. The van der Waals surface area contributed by atoms with Gasteiger partial charge < -0.3 is 25.3 Å². The number of rotatable bonds is 7. The number of primary amides is 1. The molecule has 12 heteroatoms. The molecule has 6 rings (SSSR count). The first kappa shape index (κ1) is 27.8. The van der Waals surface area contributed by atoms with Gasteiger partial charge in [0.15, 0.2) is 5.84 Å². The smallest absolute Gasteiger partial charge is 0.321 e.